The van der Waals surface area contributed by atoms with Gasteiger partial charge in [0.1, 0.15) is 5.76 Å². The van der Waals surface area contributed by atoms with Crippen molar-refractivity contribution in [2.45, 2.75) is 38.6 Å². The van der Waals surface area contributed by atoms with Gasteiger partial charge in [-0.05, 0) is 18.6 Å². The van der Waals surface area contributed by atoms with Gasteiger partial charge in [0.25, 0.3) is 0 Å². The van der Waals surface area contributed by atoms with E-state index in [9.17, 15) is 15.8 Å². The van der Waals surface area contributed by atoms with Gasteiger partial charge in [-0.3, -0.25) is 5.41 Å². The highest BCUT2D eigenvalue weighted by molar-refractivity contribution is 5.89. The molecular formula is C17H16N4O3. The molecule has 24 heavy (non-hydrogen) atoms. The summed E-state index contributed by atoms with van der Waals surface area (Å²) in [6, 6.07) is 9.24. The summed E-state index contributed by atoms with van der Waals surface area (Å²) in [6.45, 7) is 3.58. The number of ether oxygens (including phenoxy) is 2. The summed E-state index contributed by atoms with van der Waals surface area (Å²) >= 11 is 0. The molecule has 2 bridgehead atoms. The lowest BCUT2D eigenvalue weighted by molar-refractivity contribution is -0.277. The van der Waals surface area contributed by atoms with Crippen molar-refractivity contribution in [3.8, 4) is 18.2 Å². The standard InChI is InChI=1S/C17H16N4O3/c1-3-5-12-15(2)23-13(11-6-4-7-22-11)16(8-18,9-19)17(12,10-20)14(21)24-15/h4,6-7,12-13,21H,3,5H2,1-2H3. The van der Waals surface area contributed by atoms with Crippen LogP contribution in [0.25, 0.3) is 0 Å². The number of nitriles is 3. The molecule has 7 nitrogen and oxygen atoms in total. The molecule has 0 amide bonds. The minimum Gasteiger partial charge on any atom is -0.466 e. The molecule has 2 saturated heterocycles. The molecule has 4 unspecified atom stereocenters. The van der Waals surface area contributed by atoms with E-state index in [1.54, 1.807) is 19.1 Å². The SMILES string of the molecule is CCCC1C2(C)OC(=N)C1(C#N)C(C#N)(C#N)C(c1ccco1)O2. The highest BCUT2D eigenvalue weighted by Gasteiger charge is 2.79. The Morgan fingerprint density at radius 1 is 1.25 bits per heavy atom. The van der Waals surface area contributed by atoms with Crippen LogP contribution in [0.5, 0.6) is 0 Å². The van der Waals surface area contributed by atoms with E-state index in [0.29, 0.717) is 12.8 Å². The highest BCUT2D eigenvalue weighted by Crippen LogP contribution is 2.67. The zero-order valence-corrected chi connectivity index (χ0v) is 13.4. The van der Waals surface area contributed by atoms with Crippen LogP contribution in [0, 0.1) is 56.2 Å². The van der Waals surface area contributed by atoms with Crippen LogP contribution in [0.4, 0.5) is 0 Å². The molecular weight excluding hydrogens is 308 g/mol. The maximum absolute atomic E-state index is 10.0. The largest absolute Gasteiger partial charge is 0.466 e. The van der Waals surface area contributed by atoms with Gasteiger partial charge in [-0.15, -0.1) is 0 Å². The summed E-state index contributed by atoms with van der Waals surface area (Å²) in [5.41, 5.74) is -3.65. The first-order chi connectivity index (χ1) is 11.5. The Balaban J connectivity index is 2.32. The Bertz CT molecular complexity index is 783. The fraction of sp³-hybridized carbons (Fsp3) is 0.529. The van der Waals surface area contributed by atoms with Gasteiger partial charge in [-0.1, -0.05) is 13.3 Å². The molecule has 122 valence electrons. The van der Waals surface area contributed by atoms with Crippen molar-refractivity contribution in [2.24, 2.45) is 16.7 Å². The predicted octanol–water partition coefficient (Wildman–Crippen LogP) is 3.03. The third-order valence-corrected chi connectivity index (χ3v) is 5.09. The molecule has 1 N–H and O–H groups in total. The lowest BCUT2D eigenvalue weighted by Crippen LogP contribution is -2.58. The summed E-state index contributed by atoms with van der Waals surface area (Å²) in [7, 11) is 0. The van der Waals surface area contributed by atoms with Crippen LogP contribution in [0.2, 0.25) is 0 Å². The maximum atomic E-state index is 10.0. The molecule has 1 aromatic heterocycles. The number of nitrogens with one attached hydrogen (secondary N) is 1. The van der Waals surface area contributed by atoms with Gasteiger partial charge in [0.2, 0.25) is 17.1 Å². The molecule has 3 rings (SSSR count). The van der Waals surface area contributed by atoms with Crippen molar-refractivity contribution in [1.82, 2.24) is 0 Å². The molecule has 2 aliphatic heterocycles. The Morgan fingerprint density at radius 2 is 1.96 bits per heavy atom. The second kappa shape index (κ2) is 5.09. The Labute approximate surface area is 139 Å². The van der Waals surface area contributed by atoms with Crippen molar-refractivity contribution < 1.29 is 13.9 Å². The van der Waals surface area contributed by atoms with E-state index in [0.717, 1.165) is 0 Å². The van der Waals surface area contributed by atoms with Gasteiger partial charge in [0.05, 0.1) is 30.4 Å². The molecule has 0 aromatic carbocycles. The second-order valence-electron chi connectivity index (χ2n) is 6.25. The van der Waals surface area contributed by atoms with Crippen LogP contribution in [-0.4, -0.2) is 11.7 Å². The van der Waals surface area contributed by atoms with E-state index in [1.807, 2.05) is 19.1 Å². The van der Waals surface area contributed by atoms with Crippen molar-refractivity contribution >= 4 is 5.90 Å². The average molecular weight is 324 g/mol. The van der Waals surface area contributed by atoms with Crippen LogP contribution in [-0.2, 0) is 9.47 Å². The van der Waals surface area contributed by atoms with Gasteiger partial charge < -0.3 is 13.9 Å². The molecule has 0 saturated carbocycles. The third-order valence-electron chi connectivity index (χ3n) is 5.09. The average Bonchev–Trinajstić information content (AvgIpc) is 3.15. The minimum atomic E-state index is -1.94. The van der Waals surface area contributed by atoms with Crippen LogP contribution in [0.15, 0.2) is 22.8 Å². The Morgan fingerprint density at radius 3 is 2.46 bits per heavy atom. The molecule has 4 atom stereocenters. The third kappa shape index (κ3) is 1.59. The minimum absolute atomic E-state index is 0.261. The zero-order valence-electron chi connectivity index (χ0n) is 13.4. The van der Waals surface area contributed by atoms with Gasteiger partial charge in [0.15, 0.2) is 11.5 Å². The molecule has 3 heterocycles. The molecule has 0 spiro atoms. The first kappa shape index (κ1) is 16.1. The lowest BCUT2D eigenvalue weighted by Gasteiger charge is -2.47. The summed E-state index contributed by atoms with van der Waals surface area (Å²) in [6.07, 6.45) is 1.47. The van der Waals surface area contributed by atoms with E-state index >= 15 is 0 Å². The lowest BCUT2D eigenvalue weighted by atomic mass is 9.53. The van der Waals surface area contributed by atoms with E-state index in [1.165, 1.54) is 6.26 Å². The van der Waals surface area contributed by atoms with E-state index in [4.69, 9.17) is 19.3 Å². The monoisotopic (exact) mass is 324 g/mol. The van der Waals surface area contributed by atoms with Crippen molar-refractivity contribution in [2.75, 3.05) is 0 Å². The van der Waals surface area contributed by atoms with Crippen molar-refractivity contribution in [3.05, 3.63) is 24.2 Å². The molecule has 0 radical (unpaired) electrons. The normalized spacial score (nSPS) is 36.2. The maximum Gasteiger partial charge on any atom is 0.215 e. The first-order valence-corrected chi connectivity index (χ1v) is 7.68. The highest BCUT2D eigenvalue weighted by atomic mass is 16.7. The number of rotatable bonds is 3. The molecule has 2 aliphatic rings. The summed E-state index contributed by atoms with van der Waals surface area (Å²) in [4.78, 5) is 0. The van der Waals surface area contributed by atoms with Crippen LogP contribution >= 0.6 is 0 Å². The molecule has 7 heteroatoms. The van der Waals surface area contributed by atoms with Crippen LogP contribution < -0.4 is 0 Å². The van der Waals surface area contributed by atoms with Crippen LogP contribution in [0.3, 0.4) is 0 Å². The van der Waals surface area contributed by atoms with E-state index < -0.39 is 28.6 Å². The van der Waals surface area contributed by atoms with Crippen LogP contribution in [0.1, 0.15) is 38.6 Å². The van der Waals surface area contributed by atoms with Crippen molar-refractivity contribution in [3.63, 3.8) is 0 Å². The van der Waals surface area contributed by atoms with Gasteiger partial charge in [-0.25, -0.2) is 0 Å². The number of nitrogens with zero attached hydrogens (tertiary/aromatic N) is 3. The molecule has 0 aliphatic carbocycles. The smallest absolute Gasteiger partial charge is 0.215 e. The molecule has 2 fully saturated rings. The summed E-state index contributed by atoms with van der Waals surface area (Å²) in [5, 5.41) is 38.1. The van der Waals surface area contributed by atoms with Gasteiger partial charge >= 0.3 is 0 Å². The van der Waals surface area contributed by atoms with Crippen molar-refractivity contribution in [1.29, 1.82) is 21.2 Å². The Hall–Kier alpha value is -2.82. The van der Waals surface area contributed by atoms with E-state index in [2.05, 4.69) is 6.07 Å². The Kier molecular flexibility index (Phi) is 3.41. The quantitative estimate of drug-likeness (QED) is 0.910. The van der Waals surface area contributed by atoms with E-state index in [-0.39, 0.29) is 11.7 Å². The van der Waals surface area contributed by atoms with Gasteiger partial charge in [-0.2, -0.15) is 15.8 Å². The number of hydrogen-bond acceptors (Lipinski definition) is 7. The fourth-order valence-corrected chi connectivity index (χ4v) is 4.01. The topological polar surface area (TPSA) is 127 Å². The summed E-state index contributed by atoms with van der Waals surface area (Å²) in [5.74, 6) is -1.99. The molecule has 1 aromatic rings. The predicted molar refractivity (Wildman–Crippen MR) is 79.9 cm³/mol. The zero-order chi connectivity index (χ0) is 17.6. The first-order valence-electron chi connectivity index (χ1n) is 7.68. The number of hydrogen-bond donors (Lipinski definition) is 1. The van der Waals surface area contributed by atoms with Gasteiger partial charge in [0, 0.05) is 6.92 Å². The number of furan rings is 1. The summed E-state index contributed by atoms with van der Waals surface area (Å²) < 4.78 is 17.0. The fourth-order valence-electron chi connectivity index (χ4n) is 4.01. The number of fused-ring (bicyclic) bond motifs is 2. The second-order valence-corrected chi connectivity index (χ2v) is 6.25.